The van der Waals surface area contributed by atoms with Gasteiger partial charge in [-0.3, -0.25) is 11.3 Å². The summed E-state index contributed by atoms with van der Waals surface area (Å²) in [6.07, 6.45) is 0.700. The lowest BCUT2D eigenvalue weighted by molar-refractivity contribution is 0.549. The van der Waals surface area contributed by atoms with Crippen molar-refractivity contribution in [1.29, 1.82) is 0 Å². The summed E-state index contributed by atoms with van der Waals surface area (Å²) in [7, 11) is 0. The fourth-order valence-electron chi connectivity index (χ4n) is 2.16. The summed E-state index contributed by atoms with van der Waals surface area (Å²) in [4.78, 5) is 0. The van der Waals surface area contributed by atoms with E-state index in [1.54, 1.807) is 6.07 Å². The van der Waals surface area contributed by atoms with Gasteiger partial charge in [0.1, 0.15) is 5.82 Å². The van der Waals surface area contributed by atoms with Crippen LogP contribution in [0.4, 0.5) is 4.39 Å². The van der Waals surface area contributed by atoms with Crippen molar-refractivity contribution in [3.8, 4) is 0 Å². The standard InChI is InChI=1S/C15H15Br2FN2/c1-9-4-14(18)3-2-10(9)7-15(20-19)11-5-12(16)8-13(17)6-11/h2-6,8,15,20H,7,19H2,1H3. The molecule has 20 heavy (non-hydrogen) atoms. The summed E-state index contributed by atoms with van der Waals surface area (Å²) >= 11 is 6.94. The van der Waals surface area contributed by atoms with Crippen molar-refractivity contribution < 1.29 is 4.39 Å². The molecule has 5 heteroatoms. The first-order valence-corrected chi connectivity index (χ1v) is 7.75. The number of nitrogens with one attached hydrogen (secondary N) is 1. The smallest absolute Gasteiger partial charge is 0.123 e. The van der Waals surface area contributed by atoms with Gasteiger partial charge in [-0.05, 0) is 60.4 Å². The van der Waals surface area contributed by atoms with E-state index < -0.39 is 0 Å². The molecular weight excluding hydrogens is 387 g/mol. The van der Waals surface area contributed by atoms with Crippen LogP contribution in [0.5, 0.6) is 0 Å². The van der Waals surface area contributed by atoms with Gasteiger partial charge >= 0.3 is 0 Å². The van der Waals surface area contributed by atoms with Crippen molar-refractivity contribution in [2.45, 2.75) is 19.4 Å². The van der Waals surface area contributed by atoms with Gasteiger partial charge in [-0.15, -0.1) is 0 Å². The van der Waals surface area contributed by atoms with Gasteiger partial charge in [0, 0.05) is 8.95 Å². The maximum atomic E-state index is 13.1. The van der Waals surface area contributed by atoms with E-state index in [-0.39, 0.29) is 11.9 Å². The number of hydrogen-bond donors (Lipinski definition) is 2. The van der Waals surface area contributed by atoms with Gasteiger partial charge in [0.05, 0.1) is 6.04 Å². The second-order valence-electron chi connectivity index (χ2n) is 4.70. The van der Waals surface area contributed by atoms with Crippen molar-refractivity contribution in [2.24, 2.45) is 5.84 Å². The zero-order valence-electron chi connectivity index (χ0n) is 11.0. The SMILES string of the molecule is Cc1cc(F)ccc1CC(NN)c1cc(Br)cc(Br)c1. The minimum absolute atomic E-state index is 0.0343. The minimum Gasteiger partial charge on any atom is -0.271 e. The molecule has 106 valence electrons. The summed E-state index contributed by atoms with van der Waals surface area (Å²) in [6.45, 7) is 1.91. The van der Waals surface area contributed by atoms with Gasteiger partial charge in [0.25, 0.3) is 0 Å². The molecule has 0 spiro atoms. The quantitative estimate of drug-likeness (QED) is 0.588. The molecule has 0 heterocycles. The first-order chi connectivity index (χ1) is 9.49. The van der Waals surface area contributed by atoms with Crippen LogP contribution in [0.15, 0.2) is 45.3 Å². The Kier molecular flexibility index (Phi) is 5.32. The molecular formula is C15H15Br2FN2. The fraction of sp³-hybridized carbons (Fsp3) is 0.200. The van der Waals surface area contributed by atoms with Gasteiger partial charge in [0.15, 0.2) is 0 Å². The fourth-order valence-corrected chi connectivity index (χ4v) is 3.49. The highest BCUT2D eigenvalue weighted by molar-refractivity contribution is 9.11. The lowest BCUT2D eigenvalue weighted by Crippen LogP contribution is -2.29. The van der Waals surface area contributed by atoms with Crippen LogP contribution < -0.4 is 11.3 Å². The van der Waals surface area contributed by atoms with E-state index in [2.05, 4.69) is 37.3 Å². The molecule has 1 unspecified atom stereocenters. The Morgan fingerprint density at radius 1 is 1.15 bits per heavy atom. The van der Waals surface area contributed by atoms with Crippen LogP contribution in [0.25, 0.3) is 0 Å². The zero-order valence-corrected chi connectivity index (χ0v) is 14.1. The molecule has 3 N–H and O–H groups in total. The number of rotatable bonds is 4. The predicted octanol–water partition coefficient (Wildman–Crippen LogP) is 4.41. The van der Waals surface area contributed by atoms with Gasteiger partial charge < -0.3 is 0 Å². The van der Waals surface area contributed by atoms with E-state index in [1.165, 1.54) is 6.07 Å². The Balaban J connectivity index is 2.28. The van der Waals surface area contributed by atoms with E-state index in [4.69, 9.17) is 5.84 Å². The third-order valence-corrected chi connectivity index (χ3v) is 4.13. The summed E-state index contributed by atoms with van der Waals surface area (Å²) in [5, 5.41) is 0. The number of nitrogens with two attached hydrogens (primary N) is 1. The number of hydrogen-bond acceptors (Lipinski definition) is 2. The number of benzene rings is 2. The van der Waals surface area contributed by atoms with Gasteiger partial charge in [-0.1, -0.05) is 37.9 Å². The van der Waals surface area contributed by atoms with Crippen molar-refractivity contribution in [1.82, 2.24) is 5.43 Å². The van der Waals surface area contributed by atoms with Crippen LogP contribution >= 0.6 is 31.9 Å². The molecule has 0 aliphatic carbocycles. The third-order valence-electron chi connectivity index (χ3n) is 3.22. The van der Waals surface area contributed by atoms with E-state index in [9.17, 15) is 4.39 Å². The lowest BCUT2D eigenvalue weighted by atomic mass is 9.96. The average molecular weight is 402 g/mol. The first-order valence-electron chi connectivity index (χ1n) is 6.16. The first kappa shape index (κ1) is 15.6. The molecule has 2 nitrogen and oxygen atoms in total. The second-order valence-corrected chi connectivity index (χ2v) is 6.53. The van der Waals surface area contributed by atoms with Gasteiger partial charge in [-0.25, -0.2) is 4.39 Å². The normalized spacial score (nSPS) is 12.4. The summed E-state index contributed by atoms with van der Waals surface area (Å²) in [6, 6.07) is 10.8. The highest BCUT2D eigenvalue weighted by atomic mass is 79.9. The van der Waals surface area contributed by atoms with Gasteiger partial charge in [0.2, 0.25) is 0 Å². The van der Waals surface area contributed by atoms with Crippen LogP contribution in [0.2, 0.25) is 0 Å². The number of aryl methyl sites for hydroxylation is 1. The molecule has 0 aromatic heterocycles. The Bertz CT molecular complexity index is 597. The van der Waals surface area contributed by atoms with Gasteiger partial charge in [-0.2, -0.15) is 0 Å². The molecule has 0 fully saturated rings. The van der Waals surface area contributed by atoms with Crippen LogP contribution in [0, 0.1) is 12.7 Å². The number of halogens is 3. The molecule has 0 saturated heterocycles. The molecule has 0 bridgehead atoms. The third kappa shape index (κ3) is 3.88. The van der Waals surface area contributed by atoms with Crippen molar-refractivity contribution in [2.75, 3.05) is 0 Å². The predicted molar refractivity (Wildman–Crippen MR) is 86.7 cm³/mol. The van der Waals surface area contributed by atoms with E-state index in [0.717, 1.165) is 25.6 Å². The monoisotopic (exact) mass is 400 g/mol. The molecule has 1 atom stereocenters. The largest absolute Gasteiger partial charge is 0.271 e. The van der Waals surface area contributed by atoms with Crippen molar-refractivity contribution in [3.05, 3.63) is 67.9 Å². The topological polar surface area (TPSA) is 38.0 Å². The van der Waals surface area contributed by atoms with Crippen LogP contribution in [-0.4, -0.2) is 0 Å². The summed E-state index contributed by atoms with van der Waals surface area (Å²) in [5.41, 5.74) is 5.90. The number of hydrazine groups is 1. The molecule has 0 amide bonds. The lowest BCUT2D eigenvalue weighted by Gasteiger charge is -2.18. The van der Waals surface area contributed by atoms with E-state index >= 15 is 0 Å². The van der Waals surface area contributed by atoms with Crippen LogP contribution in [0.1, 0.15) is 22.7 Å². The minimum atomic E-state index is -0.214. The van der Waals surface area contributed by atoms with E-state index in [0.29, 0.717) is 6.42 Å². The molecule has 2 rings (SSSR count). The Morgan fingerprint density at radius 2 is 1.80 bits per heavy atom. The van der Waals surface area contributed by atoms with E-state index in [1.807, 2.05) is 31.2 Å². The maximum absolute atomic E-state index is 13.1. The van der Waals surface area contributed by atoms with Crippen molar-refractivity contribution >= 4 is 31.9 Å². The second kappa shape index (κ2) is 6.80. The molecule has 0 aliphatic heterocycles. The molecule has 2 aromatic rings. The molecule has 2 aromatic carbocycles. The summed E-state index contributed by atoms with van der Waals surface area (Å²) < 4.78 is 15.1. The summed E-state index contributed by atoms with van der Waals surface area (Å²) in [5.74, 6) is 5.46. The maximum Gasteiger partial charge on any atom is 0.123 e. The average Bonchev–Trinajstić information content (AvgIpc) is 2.36. The molecule has 0 aliphatic rings. The van der Waals surface area contributed by atoms with Crippen LogP contribution in [-0.2, 0) is 6.42 Å². The Morgan fingerprint density at radius 3 is 2.35 bits per heavy atom. The Labute approximate surface area is 134 Å². The zero-order chi connectivity index (χ0) is 14.7. The van der Waals surface area contributed by atoms with Crippen molar-refractivity contribution in [3.63, 3.8) is 0 Å². The highest BCUT2D eigenvalue weighted by Gasteiger charge is 2.13. The molecule has 0 saturated carbocycles. The Hall–Kier alpha value is -0.750. The highest BCUT2D eigenvalue weighted by Crippen LogP contribution is 2.26. The molecule has 0 radical (unpaired) electrons. The van der Waals surface area contributed by atoms with Crippen LogP contribution in [0.3, 0.4) is 0 Å².